The minimum Gasteiger partial charge on any atom is -0.360 e. The lowest BCUT2D eigenvalue weighted by Crippen LogP contribution is -2.43. The number of thiocarbonyl (C=S) groups is 1. The Labute approximate surface area is 121 Å². The predicted octanol–water partition coefficient (Wildman–Crippen LogP) is 4.06. The summed E-state index contributed by atoms with van der Waals surface area (Å²) in [6, 6.07) is 1.08. The van der Waals surface area contributed by atoms with Gasteiger partial charge in [0.05, 0.1) is 9.42 Å². The molecule has 0 aromatic heterocycles. The van der Waals surface area contributed by atoms with E-state index in [4.69, 9.17) is 12.2 Å². The third-order valence-electron chi connectivity index (χ3n) is 2.10. The Morgan fingerprint density at radius 3 is 2.07 bits per heavy atom. The Hall–Kier alpha value is 1.35. The van der Waals surface area contributed by atoms with Crippen LogP contribution in [0.25, 0.3) is 0 Å². The summed E-state index contributed by atoms with van der Waals surface area (Å²) in [4.78, 5) is 3.46. The number of hydrogen-bond donors (Lipinski definition) is 0. The van der Waals surface area contributed by atoms with E-state index in [9.17, 15) is 0 Å². The lowest BCUT2D eigenvalue weighted by Gasteiger charge is -2.35. The van der Waals surface area contributed by atoms with Crippen LogP contribution in [-0.4, -0.2) is 30.3 Å². The molecule has 0 rings (SSSR count). The Kier molecular flexibility index (Phi) is 8.33. The molecule has 0 aliphatic rings. The van der Waals surface area contributed by atoms with E-state index in [2.05, 4.69) is 77.8 Å². The molecule has 0 aliphatic carbocycles. The topological polar surface area (TPSA) is 3.24 Å². The molecule has 0 aliphatic heterocycles. The van der Waals surface area contributed by atoms with E-state index >= 15 is 0 Å². The highest BCUT2D eigenvalue weighted by atomic mass is 127. The summed E-state index contributed by atoms with van der Waals surface area (Å²) in [6.45, 7) is 8.95. The van der Waals surface area contributed by atoms with E-state index in [1.165, 1.54) is 6.42 Å². The molecule has 0 spiro atoms. The molecule has 0 N–H and O–H groups in total. The first-order chi connectivity index (χ1) is 6.40. The van der Waals surface area contributed by atoms with Crippen LogP contribution in [0.3, 0.4) is 0 Å². The highest BCUT2D eigenvalue weighted by molar-refractivity contribution is 14.1. The van der Waals surface area contributed by atoms with Gasteiger partial charge in [-0.25, -0.2) is 0 Å². The third kappa shape index (κ3) is 5.44. The monoisotopic (exact) mass is 439 g/mol. The van der Waals surface area contributed by atoms with Crippen molar-refractivity contribution >= 4 is 62.4 Å². The fraction of sp³-hybridized carbons (Fsp3) is 0.900. The summed E-state index contributed by atoms with van der Waals surface area (Å²) in [5, 5.41) is 0. The van der Waals surface area contributed by atoms with E-state index in [0.29, 0.717) is 16.0 Å². The molecule has 0 amide bonds. The molecule has 4 heteroatoms. The van der Waals surface area contributed by atoms with Crippen molar-refractivity contribution in [1.82, 2.24) is 4.90 Å². The Balaban J connectivity index is 4.41. The van der Waals surface area contributed by atoms with Gasteiger partial charge in [0.15, 0.2) is 0 Å². The van der Waals surface area contributed by atoms with Crippen LogP contribution in [0, 0.1) is 0 Å². The highest BCUT2D eigenvalue weighted by Gasteiger charge is 2.20. The summed E-state index contributed by atoms with van der Waals surface area (Å²) in [5.74, 6) is 0. The molecule has 0 radical (unpaired) electrons. The van der Waals surface area contributed by atoms with Gasteiger partial charge in [-0.15, -0.1) is 0 Å². The largest absolute Gasteiger partial charge is 0.360 e. The summed E-state index contributed by atoms with van der Waals surface area (Å²) in [6.07, 6.45) is 1.20. The zero-order valence-corrected chi connectivity index (χ0v) is 14.4. The minimum atomic E-state index is 0.516. The van der Waals surface area contributed by atoms with E-state index in [1.54, 1.807) is 0 Å². The van der Waals surface area contributed by atoms with Crippen molar-refractivity contribution in [1.29, 1.82) is 0 Å². The van der Waals surface area contributed by atoms with Crippen molar-refractivity contribution in [3.05, 3.63) is 0 Å². The first-order valence-electron chi connectivity index (χ1n) is 4.91. The number of alkyl halides is 2. The maximum absolute atomic E-state index is 5.40. The van der Waals surface area contributed by atoms with Gasteiger partial charge >= 0.3 is 0 Å². The quantitative estimate of drug-likeness (QED) is 0.361. The molecule has 0 fully saturated rings. The smallest absolute Gasteiger partial charge is 0.0882 e. The molecule has 2 unspecified atom stereocenters. The molecule has 0 saturated carbocycles. The molecule has 2 atom stereocenters. The van der Waals surface area contributed by atoms with Crippen molar-refractivity contribution in [3.8, 4) is 0 Å². The number of nitrogens with zero attached hydrogens (tertiary/aromatic N) is 1. The van der Waals surface area contributed by atoms with Crippen LogP contribution in [0.15, 0.2) is 0 Å². The average molecular weight is 439 g/mol. The normalized spacial score (nSPS) is 15.4. The standard InChI is InChI=1S/C10H19I2NS/c1-7(2)13(10(14)6-11)9(4)5-8(3)12/h7-9H,5-6H2,1-4H3. The van der Waals surface area contributed by atoms with Crippen LogP contribution < -0.4 is 0 Å². The molecule has 14 heavy (non-hydrogen) atoms. The minimum absolute atomic E-state index is 0.516. The van der Waals surface area contributed by atoms with Gasteiger partial charge in [-0.05, 0) is 27.2 Å². The van der Waals surface area contributed by atoms with Crippen molar-refractivity contribution in [2.75, 3.05) is 4.43 Å². The summed E-state index contributed by atoms with van der Waals surface area (Å²) < 4.78 is 1.66. The van der Waals surface area contributed by atoms with E-state index < -0.39 is 0 Å². The van der Waals surface area contributed by atoms with E-state index in [-0.39, 0.29) is 0 Å². The second-order valence-electron chi connectivity index (χ2n) is 3.89. The summed E-state index contributed by atoms with van der Waals surface area (Å²) in [7, 11) is 0. The second kappa shape index (κ2) is 7.60. The maximum atomic E-state index is 5.40. The maximum Gasteiger partial charge on any atom is 0.0882 e. The van der Waals surface area contributed by atoms with Crippen LogP contribution in [0.1, 0.15) is 34.1 Å². The lowest BCUT2D eigenvalue weighted by atomic mass is 10.1. The molecular formula is C10H19I2NS. The van der Waals surface area contributed by atoms with Crippen LogP contribution in [0.2, 0.25) is 0 Å². The van der Waals surface area contributed by atoms with E-state index in [0.717, 1.165) is 9.42 Å². The first kappa shape index (κ1) is 15.3. The van der Waals surface area contributed by atoms with E-state index in [1.807, 2.05) is 0 Å². The van der Waals surface area contributed by atoms with Crippen LogP contribution in [-0.2, 0) is 0 Å². The number of rotatable bonds is 5. The molecule has 84 valence electrons. The zero-order chi connectivity index (χ0) is 11.3. The zero-order valence-electron chi connectivity index (χ0n) is 9.26. The number of halogens is 2. The molecule has 0 saturated heterocycles. The molecule has 0 heterocycles. The molecule has 0 bridgehead atoms. The van der Waals surface area contributed by atoms with Gasteiger partial charge in [-0.2, -0.15) is 0 Å². The Morgan fingerprint density at radius 1 is 1.29 bits per heavy atom. The van der Waals surface area contributed by atoms with Crippen LogP contribution in [0.5, 0.6) is 0 Å². The molecule has 0 aromatic carbocycles. The van der Waals surface area contributed by atoms with Gasteiger partial charge in [0.1, 0.15) is 0 Å². The third-order valence-corrected chi connectivity index (χ3v) is 4.20. The van der Waals surface area contributed by atoms with Gasteiger partial charge < -0.3 is 4.90 Å². The fourth-order valence-electron chi connectivity index (χ4n) is 1.70. The second-order valence-corrected chi connectivity index (χ2v) is 7.25. The van der Waals surface area contributed by atoms with Gasteiger partial charge in [0.2, 0.25) is 0 Å². The van der Waals surface area contributed by atoms with Gasteiger partial charge in [-0.1, -0.05) is 64.3 Å². The SMILES string of the molecule is CC(I)CC(C)N(C(=S)CI)C(C)C. The van der Waals surface area contributed by atoms with Crippen LogP contribution >= 0.6 is 57.4 Å². The molecular weight excluding hydrogens is 420 g/mol. The van der Waals surface area contributed by atoms with Crippen molar-refractivity contribution in [2.45, 2.75) is 50.1 Å². The van der Waals surface area contributed by atoms with Crippen LogP contribution in [0.4, 0.5) is 0 Å². The predicted molar refractivity (Wildman–Crippen MR) is 86.0 cm³/mol. The average Bonchev–Trinajstić information content (AvgIpc) is 2.01. The van der Waals surface area contributed by atoms with Crippen molar-refractivity contribution in [2.24, 2.45) is 0 Å². The van der Waals surface area contributed by atoms with Crippen molar-refractivity contribution < 1.29 is 0 Å². The lowest BCUT2D eigenvalue weighted by molar-refractivity contribution is 0.270. The van der Waals surface area contributed by atoms with Gasteiger partial charge in [0.25, 0.3) is 0 Å². The summed E-state index contributed by atoms with van der Waals surface area (Å²) >= 11 is 10.2. The highest BCUT2D eigenvalue weighted by Crippen LogP contribution is 2.17. The Morgan fingerprint density at radius 2 is 1.79 bits per heavy atom. The Bertz CT molecular complexity index is 183. The van der Waals surface area contributed by atoms with Crippen molar-refractivity contribution in [3.63, 3.8) is 0 Å². The fourth-order valence-corrected chi connectivity index (χ4v) is 3.22. The van der Waals surface area contributed by atoms with Gasteiger partial charge in [-0.3, -0.25) is 0 Å². The summed E-state index contributed by atoms with van der Waals surface area (Å²) in [5.41, 5.74) is 0. The van der Waals surface area contributed by atoms with Gasteiger partial charge in [0, 0.05) is 16.0 Å². The number of hydrogen-bond acceptors (Lipinski definition) is 1. The molecule has 0 aromatic rings. The molecule has 1 nitrogen and oxygen atoms in total. The first-order valence-corrected chi connectivity index (χ1v) is 8.09.